The van der Waals surface area contributed by atoms with Gasteiger partial charge in [0.25, 0.3) is 0 Å². The van der Waals surface area contributed by atoms with Crippen molar-refractivity contribution in [3.8, 4) is 11.5 Å². The van der Waals surface area contributed by atoms with Gasteiger partial charge >= 0.3 is 5.97 Å². The second kappa shape index (κ2) is 7.20. The summed E-state index contributed by atoms with van der Waals surface area (Å²) in [6.07, 6.45) is 0. The summed E-state index contributed by atoms with van der Waals surface area (Å²) < 4.78 is 10.9. The Morgan fingerprint density at radius 1 is 1.05 bits per heavy atom. The van der Waals surface area contributed by atoms with Crippen molar-refractivity contribution in [1.29, 1.82) is 0 Å². The molecule has 2 aromatic carbocycles. The van der Waals surface area contributed by atoms with Crippen LogP contribution in [0.2, 0.25) is 10.0 Å². The number of carboxylic acid groups (broad SMARTS) is 1. The molecule has 110 valence electrons. The Balaban J connectivity index is 1.86. The lowest BCUT2D eigenvalue weighted by molar-refractivity contribution is 0.0696. The van der Waals surface area contributed by atoms with Crippen molar-refractivity contribution < 1.29 is 19.4 Å². The second-order valence-corrected chi connectivity index (χ2v) is 4.87. The van der Waals surface area contributed by atoms with Gasteiger partial charge in [-0.1, -0.05) is 35.3 Å². The largest absolute Gasteiger partial charge is 0.490 e. The zero-order valence-electron chi connectivity index (χ0n) is 10.9. The van der Waals surface area contributed by atoms with Gasteiger partial charge in [-0.15, -0.1) is 0 Å². The molecule has 0 aromatic heterocycles. The van der Waals surface area contributed by atoms with E-state index in [-0.39, 0.29) is 18.8 Å². The molecule has 0 spiro atoms. The predicted octanol–water partition coefficient (Wildman–Crippen LogP) is 4.15. The van der Waals surface area contributed by atoms with Crippen molar-refractivity contribution in [1.82, 2.24) is 0 Å². The fraction of sp³-hybridized carbons (Fsp3) is 0.133. The minimum absolute atomic E-state index is 0.173. The van der Waals surface area contributed by atoms with Crippen LogP contribution >= 0.6 is 23.2 Å². The molecule has 0 aliphatic rings. The maximum Gasteiger partial charge on any atom is 0.335 e. The SMILES string of the molecule is O=C(O)c1cccc(OCCOc2cccc(Cl)c2Cl)c1. The lowest BCUT2D eigenvalue weighted by Crippen LogP contribution is -2.09. The van der Waals surface area contributed by atoms with Gasteiger partial charge < -0.3 is 14.6 Å². The summed E-state index contributed by atoms with van der Waals surface area (Å²) in [5.41, 5.74) is 0.173. The Kier molecular flexibility index (Phi) is 5.31. The van der Waals surface area contributed by atoms with Crippen LogP contribution in [0.15, 0.2) is 42.5 Å². The topological polar surface area (TPSA) is 55.8 Å². The summed E-state index contributed by atoms with van der Waals surface area (Å²) in [4.78, 5) is 10.8. The third-order valence-corrected chi connectivity index (χ3v) is 3.41. The Morgan fingerprint density at radius 3 is 2.52 bits per heavy atom. The van der Waals surface area contributed by atoms with Gasteiger partial charge in [-0.3, -0.25) is 0 Å². The number of hydrogen-bond acceptors (Lipinski definition) is 3. The normalized spacial score (nSPS) is 10.2. The highest BCUT2D eigenvalue weighted by molar-refractivity contribution is 6.42. The summed E-state index contributed by atoms with van der Waals surface area (Å²) in [6, 6.07) is 11.4. The van der Waals surface area contributed by atoms with Gasteiger partial charge in [-0.05, 0) is 30.3 Å². The number of benzene rings is 2. The van der Waals surface area contributed by atoms with Gasteiger partial charge in [0, 0.05) is 0 Å². The summed E-state index contributed by atoms with van der Waals surface area (Å²) in [5.74, 6) is -0.0508. The van der Waals surface area contributed by atoms with Crippen LogP contribution in [-0.4, -0.2) is 24.3 Å². The summed E-state index contributed by atoms with van der Waals surface area (Å²) in [6.45, 7) is 0.517. The van der Waals surface area contributed by atoms with E-state index in [1.165, 1.54) is 12.1 Å². The van der Waals surface area contributed by atoms with E-state index in [0.29, 0.717) is 21.5 Å². The lowest BCUT2D eigenvalue weighted by Gasteiger charge is -2.10. The maximum atomic E-state index is 10.8. The van der Waals surface area contributed by atoms with Crippen molar-refractivity contribution in [3.63, 3.8) is 0 Å². The van der Waals surface area contributed by atoms with Gasteiger partial charge in [-0.2, -0.15) is 0 Å². The number of aromatic carboxylic acids is 1. The van der Waals surface area contributed by atoms with Gasteiger partial charge in [0.15, 0.2) is 0 Å². The summed E-state index contributed by atoms with van der Waals surface area (Å²) >= 11 is 11.9. The van der Waals surface area contributed by atoms with Crippen LogP contribution in [0.4, 0.5) is 0 Å². The molecule has 0 saturated carbocycles. The van der Waals surface area contributed by atoms with Crippen molar-refractivity contribution in [3.05, 3.63) is 58.1 Å². The van der Waals surface area contributed by atoms with E-state index in [4.69, 9.17) is 37.8 Å². The van der Waals surface area contributed by atoms with E-state index in [1.807, 2.05) is 0 Å². The molecule has 0 unspecified atom stereocenters. The van der Waals surface area contributed by atoms with Crippen LogP contribution in [0.1, 0.15) is 10.4 Å². The highest BCUT2D eigenvalue weighted by atomic mass is 35.5. The van der Waals surface area contributed by atoms with E-state index in [2.05, 4.69) is 0 Å². The minimum Gasteiger partial charge on any atom is -0.490 e. The van der Waals surface area contributed by atoms with E-state index in [1.54, 1.807) is 30.3 Å². The van der Waals surface area contributed by atoms with E-state index in [9.17, 15) is 4.79 Å². The number of ether oxygens (including phenoxy) is 2. The fourth-order valence-electron chi connectivity index (χ4n) is 1.63. The molecule has 0 saturated heterocycles. The Morgan fingerprint density at radius 2 is 1.76 bits per heavy atom. The number of halogens is 2. The van der Waals surface area contributed by atoms with Crippen LogP contribution in [0, 0.1) is 0 Å². The molecule has 0 amide bonds. The molecule has 4 nitrogen and oxygen atoms in total. The molecule has 0 atom stereocenters. The Labute approximate surface area is 131 Å². The second-order valence-electron chi connectivity index (χ2n) is 4.08. The first-order valence-corrected chi connectivity index (χ1v) is 6.86. The summed E-state index contributed by atoms with van der Waals surface area (Å²) in [5, 5.41) is 9.65. The molecule has 2 rings (SSSR count). The predicted molar refractivity (Wildman–Crippen MR) is 80.9 cm³/mol. The Hall–Kier alpha value is -1.91. The zero-order chi connectivity index (χ0) is 15.2. The molecule has 0 heterocycles. The molecular formula is C15H12Cl2O4. The van der Waals surface area contributed by atoms with Crippen molar-refractivity contribution in [2.24, 2.45) is 0 Å². The van der Waals surface area contributed by atoms with Crippen LogP contribution in [0.5, 0.6) is 11.5 Å². The van der Waals surface area contributed by atoms with Crippen molar-refractivity contribution in [2.45, 2.75) is 0 Å². The molecule has 0 radical (unpaired) electrons. The van der Waals surface area contributed by atoms with E-state index in [0.717, 1.165) is 0 Å². The number of carbonyl (C=O) groups is 1. The monoisotopic (exact) mass is 326 g/mol. The zero-order valence-corrected chi connectivity index (χ0v) is 12.4. The van der Waals surface area contributed by atoms with Gasteiger partial charge in [-0.25, -0.2) is 4.79 Å². The molecule has 21 heavy (non-hydrogen) atoms. The average Bonchev–Trinajstić information content (AvgIpc) is 2.48. The van der Waals surface area contributed by atoms with Crippen LogP contribution in [-0.2, 0) is 0 Å². The molecule has 0 bridgehead atoms. The van der Waals surface area contributed by atoms with E-state index >= 15 is 0 Å². The first kappa shape index (κ1) is 15.5. The molecule has 0 aliphatic carbocycles. The van der Waals surface area contributed by atoms with Gasteiger partial charge in [0.1, 0.15) is 29.7 Å². The lowest BCUT2D eigenvalue weighted by atomic mass is 10.2. The molecule has 1 N–H and O–H groups in total. The Bertz CT molecular complexity index is 643. The number of hydrogen-bond donors (Lipinski definition) is 1. The van der Waals surface area contributed by atoms with Gasteiger partial charge in [0.05, 0.1) is 10.6 Å². The fourth-order valence-corrected chi connectivity index (χ4v) is 1.97. The molecule has 0 aliphatic heterocycles. The third-order valence-electron chi connectivity index (χ3n) is 2.61. The first-order chi connectivity index (χ1) is 10.1. The van der Waals surface area contributed by atoms with Crippen LogP contribution in [0.25, 0.3) is 0 Å². The highest BCUT2D eigenvalue weighted by Crippen LogP contribution is 2.31. The van der Waals surface area contributed by atoms with Crippen molar-refractivity contribution in [2.75, 3.05) is 13.2 Å². The van der Waals surface area contributed by atoms with Crippen LogP contribution < -0.4 is 9.47 Å². The quantitative estimate of drug-likeness (QED) is 0.810. The van der Waals surface area contributed by atoms with Gasteiger partial charge in [0.2, 0.25) is 0 Å². The molecule has 0 fully saturated rings. The number of rotatable bonds is 6. The molecule has 2 aromatic rings. The minimum atomic E-state index is -0.998. The third kappa shape index (κ3) is 4.28. The average molecular weight is 327 g/mol. The smallest absolute Gasteiger partial charge is 0.335 e. The standard InChI is InChI=1S/C15H12Cl2O4/c16-12-5-2-6-13(14(12)17)21-8-7-20-11-4-1-3-10(9-11)15(18)19/h1-6,9H,7-8H2,(H,18,19). The van der Waals surface area contributed by atoms with E-state index < -0.39 is 5.97 Å². The highest BCUT2D eigenvalue weighted by Gasteiger charge is 2.06. The van der Waals surface area contributed by atoms with Crippen molar-refractivity contribution >= 4 is 29.2 Å². The molecular weight excluding hydrogens is 315 g/mol. The molecule has 6 heteroatoms. The van der Waals surface area contributed by atoms with Crippen LogP contribution in [0.3, 0.4) is 0 Å². The number of carboxylic acids is 1. The summed E-state index contributed by atoms with van der Waals surface area (Å²) in [7, 11) is 0. The maximum absolute atomic E-state index is 10.8. The first-order valence-electron chi connectivity index (χ1n) is 6.11.